The summed E-state index contributed by atoms with van der Waals surface area (Å²) in [5, 5.41) is 8.95. The first-order chi connectivity index (χ1) is 23.7. The van der Waals surface area contributed by atoms with Crippen molar-refractivity contribution in [3.63, 3.8) is 0 Å². The predicted molar refractivity (Wildman–Crippen MR) is 196 cm³/mol. The van der Waals surface area contributed by atoms with Crippen molar-refractivity contribution in [2.24, 2.45) is 0 Å². The third-order valence-electron chi connectivity index (χ3n) is 9.91. The van der Waals surface area contributed by atoms with Gasteiger partial charge in [0.25, 0.3) is 0 Å². The summed E-state index contributed by atoms with van der Waals surface area (Å²) < 4.78 is 17.4. The molecule has 0 aliphatic rings. The molecule has 0 aliphatic heterocycles. The van der Waals surface area contributed by atoms with Crippen LogP contribution in [0.15, 0.2) is 148 Å². The van der Waals surface area contributed by atoms with Crippen molar-refractivity contribution in [2.45, 2.75) is 0 Å². The van der Waals surface area contributed by atoms with E-state index in [4.69, 9.17) is 15.4 Å². The van der Waals surface area contributed by atoms with Crippen LogP contribution in [0.1, 0.15) is 0 Å². The highest BCUT2D eigenvalue weighted by molar-refractivity contribution is 6.18. The molecule has 0 fully saturated rings. The molecule has 222 valence electrons. The number of benzene rings is 7. The summed E-state index contributed by atoms with van der Waals surface area (Å²) >= 11 is 0. The molecule has 11 aromatic rings. The highest BCUT2D eigenvalue weighted by Crippen LogP contribution is 2.41. The van der Waals surface area contributed by atoms with Gasteiger partial charge in [-0.1, -0.05) is 60.7 Å². The number of hydrogen-bond acceptors (Lipinski definition) is 2. The topological polar surface area (TPSA) is 40.5 Å². The zero-order valence-corrected chi connectivity index (χ0v) is 25.4. The van der Waals surface area contributed by atoms with E-state index in [-0.39, 0.29) is 0 Å². The lowest BCUT2D eigenvalue weighted by Gasteiger charge is -2.09. The molecule has 48 heavy (non-hydrogen) atoms. The van der Waals surface area contributed by atoms with Gasteiger partial charge in [0.05, 0.1) is 28.6 Å². The fraction of sp³-hybridized carbons (Fsp3) is 0. The standard InChI is InChI=1S/C43H23N3O2/c1-44-25-14-17-38-31(20-25)28-8-2-5-11-36(28)45(38)26-15-18-41-33(21-26)34-22-27(16-19-42(34)47-41)46-37-12-6-3-9-29(37)32-23-35-30-10-4-7-13-40(30)48-43(35)24-39(32)46/h2-24H. The molecule has 0 atom stereocenters. The number of hydrogen-bond donors (Lipinski definition) is 0. The van der Waals surface area contributed by atoms with Crippen LogP contribution in [0.2, 0.25) is 0 Å². The average molecular weight is 614 g/mol. The molecule has 5 heteroatoms. The van der Waals surface area contributed by atoms with Crippen molar-refractivity contribution in [3.05, 3.63) is 151 Å². The Labute approximate surface area is 272 Å². The second-order valence-electron chi connectivity index (χ2n) is 12.4. The molecular formula is C43H23N3O2. The molecule has 0 bridgehead atoms. The van der Waals surface area contributed by atoms with Crippen molar-refractivity contribution in [1.82, 2.24) is 9.13 Å². The van der Waals surface area contributed by atoms with Crippen molar-refractivity contribution in [1.29, 1.82) is 0 Å². The Morgan fingerprint density at radius 1 is 0.375 bits per heavy atom. The maximum Gasteiger partial charge on any atom is 0.188 e. The Balaban J connectivity index is 1.17. The van der Waals surface area contributed by atoms with Gasteiger partial charge in [0, 0.05) is 55.1 Å². The monoisotopic (exact) mass is 613 g/mol. The van der Waals surface area contributed by atoms with Crippen LogP contribution in [0.25, 0.3) is 104 Å². The van der Waals surface area contributed by atoms with Gasteiger partial charge in [0.1, 0.15) is 22.3 Å². The largest absolute Gasteiger partial charge is 0.456 e. The Kier molecular flexibility index (Phi) is 4.85. The fourth-order valence-corrected chi connectivity index (χ4v) is 7.81. The number of aromatic nitrogens is 2. The molecule has 0 radical (unpaired) electrons. The second-order valence-corrected chi connectivity index (χ2v) is 12.4. The van der Waals surface area contributed by atoms with E-state index < -0.39 is 0 Å². The number of fused-ring (bicyclic) bond motifs is 12. The smallest absolute Gasteiger partial charge is 0.188 e. The average Bonchev–Trinajstić information content (AvgIpc) is 3.87. The molecule has 0 amide bonds. The fourth-order valence-electron chi connectivity index (χ4n) is 7.81. The Morgan fingerprint density at radius 3 is 1.58 bits per heavy atom. The lowest BCUT2D eigenvalue weighted by Crippen LogP contribution is -1.94. The highest BCUT2D eigenvalue weighted by atomic mass is 16.3. The first-order valence-electron chi connectivity index (χ1n) is 16.0. The lowest BCUT2D eigenvalue weighted by molar-refractivity contribution is 0.668. The van der Waals surface area contributed by atoms with Crippen LogP contribution >= 0.6 is 0 Å². The highest BCUT2D eigenvalue weighted by Gasteiger charge is 2.19. The van der Waals surface area contributed by atoms with Crippen LogP contribution in [0.5, 0.6) is 0 Å². The minimum Gasteiger partial charge on any atom is -0.456 e. The molecule has 0 N–H and O–H groups in total. The lowest BCUT2D eigenvalue weighted by atomic mass is 10.1. The molecule has 7 aromatic carbocycles. The van der Waals surface area contributed by atoms with Crippen molar-refractivity contribution in [2.75, 3.05) is 0 Å². The summed E-state index contributed by atoms with van der Waals surface area (Å²) in [6.45, 7) is 7.57. The van der Waals surface area contributed by atoms with E-state index in [1.165, 1.54) is 10.8 Å². The summed E-state index contributed by atoms with van der Waals surface area (Å²) in [5.74, 6) is 0. The van der Waals surface area contributed by atoms with Gasteiger partial charge in [-0.05, 0) is 78.2 Å². The van der Waals surface area contributed by atoms with Crippen molar-refractivity contribution in [3.8, 4) is 11.4 Å². The number of rotatable bonds is 2. The van der Waals surface area contributed by atoms with E-state index in [0.717, 1.165) is 88.1 Å². The third-order valence-corrected chi connectivity index (χ3v) is 9.91. The Hall–Kier alpha value is -6.77. The summed E-state index contributed by atoms with van der Waals surface area (Å²) in [6, 6.07) is 48.5. The predicted octanol–water partition coefficient (Wildman–Crippen LogP) is 12.2. The van der Waals surface area contributed by atoms with Gasteiger partial charge in [0.2, 0.25) is 0 Å². The van der Waals surface area contributed by atoms with Gasteiger partial charge in [-0.25, -0.2) is 4.85 Å². The summed E-state index contributed by atoms with van der Waals surface area (Å²) in [4.78, 5) is 3.69. The molecule has 0 unspecified atom stereocenters. The van der Waals surface area contributed by atoms with Gasteiger partial charge in [-0.15, -0.1) is 0 Å². The first-order valence-corrected chi connectivity index (χ1v) is 16.0. The number of para-hydroxylation sites is 3. The molecule has 0 spiro atoms. The van der Waals surface area contributed by atoms with E-state index in [9.17, 15) is 0 Å². The van der Waals surface area contributed by atoms with E-state index in [0.29, 0.717) is 5.69 Å². The number of furan rings is 2. The number of nitrogens with zero attached hydrogens (tertiary/aromatic N) is 3. The van der Waals surface area contributed by atoms with Crippen LogP contribution in [-0.2, 0) is 0 Å². The normalized spacial score (nSPS) is 12.1. The SMILES string of the molecule is [C-]#[N+]c1ccc2c(c1)c1ccccc1n2-c1ccc2oc3ccc(-n4c5ccccc5c5cc6c(cc54)oc4ccccc46)cc3c2c1. The van der Waals surface area contributed by atoms with Gasteiger partial charge in [-0.2, -0.15) is 0 Å². The van der Waals surface area contributed by atoms with Crippen LogP contribution in [0, 0.1) is 6.57 Å². The van der Waals surface area contributed by atoms with Crippen molar-refractivity contribution < 1.29 is 8.83 Å². The first kappa shape index (κ1) is 25.4. The Morgan fingerprint density at radius 2 is 0.896 bits per heavy atom. The van der Waals surface area contributed by atoms with E-state index in [2.05, 4.69) is 129 Å². The van der Waals surface area contributed by atoms with Crippen LogP contribution in [0.3, 0.4) is 0 Å². The van der Waals surface area contributed by atoms with Crippen LogP contribution in [-0.4, -0.2) is 9.13 Å². The van der Waals surface area contributed by atoms with E-state index in [1.807, 2.05) is 24.3 Å². The van der Waals surface area contributed by atoms with E-state index in [1.54, 1.807) is 0 Å². The zero-order valence-electron chi connectivity index (χ0n) is 25.4. The molecule has 5 nitrogen and oxygen atoms in total. The van der Waals surface area contributed by atoms with Gasteiger partial charge >= 0.3 is 0 Å². The van der Waals surface area contributed by atoms with Gasteiger partial charge < -0.3 is 18.0 Å². The quantitative estimate of drug-likeness (QED) is 0.182. The van der Waals surface area contributed by atoms with E-state index >= 15 is 0 Å². The molecule has 0 saturated carbocycles. The molecule has 4 aromatic heterocycles. The maximum atomic E-state index is 7.57. The molecule has 0 aliphatic carbocycles. The molecule has 0 saturated heterocycles. The van der Waals surface area contributed by atoms with Crippen LogP contribution in [0.4, 0.5) is 5.69 Å². The summed E-state index contributed by atoms with van der Waals surface area (Å²) in [7, 11) is 0. The molecule has 11 rings (SSSR count). The Bertz CT molecular complexity index is 3200. The maximum absolute atomic E-state index is 7.57. The summed E-state index contributed by atoms with van der Waals surface area (Å²) in [6.07, 6.45) is 0. The summed E-state index contributed by atoms with van der Waals surface area (Å²) in [5.41, 5.74) is 10.6. The minimum atomic E-state index is 0.639. The van der Waals surface area contributed by atoms with Crippen molar-refractivity contribution >= 4 is 93.2 Å². The molecule has 4 heterocycles. The minimum absolute atomic E-state index is 0.639. The second kappa shape index (κ2) is 9.16. The van der Waals surface area contributed by atoms with Gasteiger partial charge in [-0.3, -0.25) is 0 Å². The third kappa shape index (κ3) is 3.33. The molecular weight excluding hydrogens is 590 g/mol. The van der Waals surface area contributed by atoms with Gasteiger partial charge in [0.15, 0.2) is 5.69 Å². The van der Waals surface area contributed by atoms with Crippen LogP contribution < -0.4 is 0 Å². The zero-order chi connectivity index (χ0) is 31.5.